The molecule has 0 unspecified atom stereocenters. The van der Waals surface area contributed by atoms with Gasteiger partial charge in [0, 0.05) is 16.8 Å². The molecule has 2 aromatic carbocycles. The summed E-state index contributed by atoms with van der Waals surface area (Å²) in [6, 6.07) is 13.5. The summed E-state index contributed by atoms with van der Waals surface area (Å²) < 4.78 is 24.8. The first kappa shape index (κ1) is 21.6. The van der Waals surface area contributed by atoms with Crippen molar-refractivity contribution in [2.75, 3.05) is 11.1 Å². The molecule has 28 heavy (non-hydrogen) atoms. The lowest BCUT2D eigenvalue weighted by atomic mass is 10.1. The molecule has 0 radical (unpaired) electrons. The molecule has 0 saturated heterocycles. The van der Waals surface area contributed by atoms with E-state index in [1.807, 2.05) is 39.8 Å². The number of aryl methyl sites for hydroxylation is 1. The van der Waals surface area contributed by atoms with Gasteiger partial charge < -0.3 is 10.6 Å². The van der Waals surface area contributed by atoms with E-state index in [2.05, 4.69) is 10.6 Å². The second-order valence-corrected chi connectivity index (χ2v) is 9.92. The molecule has 2 aromatic rings. The van der Waals surface area contributed by atoms with Crippen molar-refractivity contribution in [3.05, 3.63) is 65.2 Å². The lowest BCUT2D eigenvalue weighted by molar-refractivity contribution is -0.113. The van der Waals surface area contributed by atoms with Crippen molar-refractivity contribution in [3.8, 4) is 0 Å². The number of sulfone groups is 1. The van der Waals surface area contributed by atoms with Gasteiger partial charge in [-0.25, -0.2) is 8.42 Å². The molecule has 2 N–H and O–H groups in total. The first-order chi connectivity index (χ1) is 12.9. The van der Waals surface area contributed by atoms with Crippen LogP contribution in [0.4, 0.5) is 5.69 Å². The molecule has 0 spiro atoms. The third kappa shape index (κ3) is 7.15. The molecule has 6 nitrogen and oxygen atoms in total. The Morgan fingerprint density at radius 3 is 2.25 bits per heavy atom. The van der Waals surface area contributed by atoms with Crippen LogP contribution in [-0.2, 0) is 20.4 Å². The van der Waals surface area contributed by atoms with E-state index in [-0.39, 0.29) is 11.7 Å². The van der Waals surface area contributed by atoms with Gasteiger partial charge in [-0.2, -0.15) is 0 Å². The Morgan fingerprint density at radius 1 is 1.00 bits per heavy atom. The number of benzene rings is 2. The summed E-state index contributed by atoms with van der Waals surface area (Å²) in [5.41, 5.74) is 2.04. The van der Waals surface area contributed by atoms with Crippen molar-refractivity contribution in [2.45, 2.75) is 39.0 Å². The fourth-order valence-electron chi connectivity index (χ4n) is 2.55. The van der Waals surface area contributed by atoms with Gasteiger partial charge in [-0.15, -0.1) is 0 Å². The molecule has 2 rings (SSSR count). The van der Waals surface area contributed by atoms with Gasteiger partial charge in [-0.1, -0.05) is 29.8 Å². The second kappa shape index (κ2) is 8.56. The summed E-state index contributed by atoms with van der Waals surface area (Å²) in [5.74, 6) is -1.81. The van der Waals surface area contributed by atoms with Crippen LogP contribution in [0.25, 0.3) is 0 Å². The zero-order valence-corrected chi connectivity index (χ0v) is 17.4. The van der Waals surface area contributed by atoms with E-state index in [1.165, 1.54) is 6.07 Å². The molecule has 2 amide bonds. The smallest absolute Gasteiger partial charge is 0.251 e. The Hall–Kier alpha value is -2.67. The minimum atomic E-state index is -3.68. The first-order valence-electron chi connectivity index (χ1n) is 8.92. The maximum absolute atomic E-state index is 12.4. The number of hydrogen-bond donors (Lipinski definition) is 2. The Bertz CT molecular complexity index is 959. The fourth-order valence-corrected chi connectivity index (χ4v) is 3.81. The number of amides is 2. The Morgan fingerprint density at radius 2 is 1.64 bits per heavy atom. The van der Waals surface area contributed by atoms with Gasteiger partial charge in [0.05, 0.1) is 5.75 Å². The summed E-state index contributed by atoms with van der Waals surface area (Å²) in [4.78, 5) is 24.3. The Labute approximate surface area is 166 Å². The summed E-state index contributed by atoms with van der Waals surface area (Å²) in [6.45, 7) is 7.52. The first-order valence-corrected chi connectivity index (χ1v) is 10.7. The number of rotatable bonds is 6. The molecule has 0 atom stereocenters. The minimum absolute atomic E-state index is 0.274. The van der Waals surface area contributed by atoms with Crippen LogP contribution in [0.3, 0.4) is 0 Å². The van der Waals surface area contributed by atoms with Crippen LogP contribution in [-0.4, -0.2) is 31.5 Å². The van der Waals surface area contributed by atoms with Crippen LogP contribution in [0.1, 0.15) is 42.3 Å². The third-order valence-corrected chi connectivity index (χ3v) is 5.23. The van der Waals surface area contributed by atoms with Gasteiger partial charge >= 0.3 is 0 Å². The topological polar surface area (TPSA) is 92.3 Å². The lowest BCUT2D eigenvalue weighted by Gasteiger charge is -2.20. The van der Waals surface area contributed by atoms with E-state index < -0.39 is 27.0 Å². The van der Waals surface area contributed by atoms with Crippen molar-refractivity contribution in [3.63, 3.8) is 0 Å². The zero-order chi connectivity index (χ0) is 20.9. The van der Waals surface area contributed by atoms with Gasteiger partial charge in [0.1, 0.15) is 5.75 Å². The Kier molecular flexibility index (Phi) is 6.61. The lowest BCUT2D eigenvalue weighted by Crippen LogP contribution is -2.40. The molecular weight excluding hydrogens is 376 g/mol. The predicted octanol–water partition coefficient (Wildman–Crippen LogP) is 3.08. The van der Waals surface area contributed by atoms with Crippen molar-refractivity contribution >= 4 is 27.3 Å². The van der Waals surface area contributed by atoms with Crippen molar-refractivity contribution in [2.24, 2.45) is 0 Å². The largest absolute Gasteiger partial charge is 0.347 e. The molecule has 7 heteroatoms. The summed E-state index contributed by atoms with van der Waals surface area (Å²) in [6.07, 6.45) is 0. The van der Waals surface area contributed by atoms with Crippen LogP contribution >= 0.6 is 0 Å². The van der Waals surface area contributed by atoms with Gasteiger partial charge in [-0.3, -0.25) is 9.59 Å². The van der Waals surface area contributed by atoms with Crippen molar-refractivity contribution < 1.29 is 18.0 Å². The average molecular weight is 403 g/mol. The standard InChI is InChI=1S/C21H26N2O4S/c1-15-8-10-18(11-9-15)22-19(24)14-28(26,27)13-16-6-5-7-17(12-16)20(25)23-21(2,3)4/h5-12H,13-14H2,1-4H3,(H,22,24)(H,23,25). The third-order valence-electron chi connectivity index (χ3n) is 3.75. The summed E-state index contributed by atoms with van der Waals surface area (Å²) in [7, 11) is -3.68. The molecule has 0 saturated carbocycles. The van der Waals surface area contributed by atoms with E-state index in [0.717, 1.165) is 5.56 Å². The van der Waals surface area contributed by atoms with E-state index in [9.17, 15) is 18.0 Å². The SMILES string of the molecule is Cc1ccc(NC(=O)CS(=O)(=O)Cc2cccc(C(=O)NC(C)(C)C)c2)cc1. The molecular formula is C21H26N2O4S. The van der Waals surface area contributed by atoms with Crippen molar-refractivity contribution in [1.82, 2.24) is 5.32 Å². The van der Waals surface area contributed by atoms with Crippen LogP contribution in [0, 0.1) is 6.92 Å². The predicted molar refractivity (Wildman–Crippen MR) is 111 cm³/mol. The highest BCUT2D eigenvalue weighted by atomic mass is 32.2. The molecule has 0 aliphatic heterocycles. The maximum Gasteiger partial charge on any atom is 0.251 e. The van der Waals surface area contributed by atoms with E-state index in [4.69, 9.17) is 0 Å². The molecule has 150 valence electrons. The number of carbonyl (C=O) groups excluding carboxylic acids is 2. The van der Waals surface area contributed by atoms with Crippen molar-refractivity contribution in [1.29, 1.82) is 0 Å². The molecule has 0 aliphatic carbocycles. The fraction of sp³-hybridized carbons (Fsp3) is 0.333. The van der Waals surface area contributed by atoms with Crippen LogP contribution in [0.2, 0.25) is 0 Å². The van der Waals surface area contributed by atoms with E-state index >= 15 is 0 Å². The second-order valence-electron chi connectivity index (χ2n) is 7.85. The van der Waals surface area contributed by atoms with Gasteiger partial charge in [-0.05, 0) is 57.5 Å². The molecule has 0 bridgehead atoms. The van der Waals surface area contributed by atoms with Gasteiger partial charge in [0.25, 0.3) is 5.91 Å². The highest BCUT2D eigenvalue weighted by molar-refractivity contribution is 7.91. The minimum Gasteiger partial charge on any atom is -0.347 e. The normalized spacial score (nSPS) is 11.7. The molecule has 0 aliphatic rings. The van der Waals surface area contributed by atoms with Crippen LogP contribution in [0.5, 0.6) is 0 Å². The highest BCUT2D eigenvalue weighted by Gasteiger charge is 2.19. The average Bonchev–Trinajstić information content (AvgIpc) is 2.54. The highest BCUT2D eigenvalue weighted by Crippen LogP contribution is 2.13. The summed E-state index contributed by atoms with van der Waals surface area (Å²) >= 11 is 0. The van der Waals surface area contributed by atoms with Gasteiger partial charge in [0.15, 0.2) is 9.84 Å². The van der Waals surface area contributed by atoms with Gasteiger partial charge in [0.2, 0.25) is 5.91 Å². The number of hydrogen-bond acceptors (Lipinski definition) is 4. The van der Waals surface area contributed by atoms with Crippen LogP contribution in [0.15, 0.2) is 48.5 Å². The Balaban J connectivity index is 2.03. The van der Waals surface area contributed by atoms with E-state index in [1.54, 1.807) is 30.3 Å². The van der Waals surface area contributed by atoms with Crippen LogP contribution < -0.4 is 10.6 Å². The quantitative estimate of drug-likeness (QED) is 0.777. The number of carbonyl (C=O) groups is 2. The van der Waals surface area contributed by atoms with E-state index in [0.29, 0.717) is 16.8 Å². The zero-order valence-electron chi connectivity index (χ0n) is 16.6. The monoisotopic (exact) mass is 402 g/mol. The molecule has 0 aromatic heterocycles. The molecule has 0 heterocycles. The number of nitrogens with one attached hydrogen (secondary N) is 2. The number of anilines is 1. The molecule has 0 fully saturated rings. The maximum atomic E-state index is 12.4. The summed E-state index contributed by atoms with van der Waals surface area (Å²) in [5, 5.41) is 5.42.